The van der Waals surface area contributed by atoms with E-state index < -0.39 is 0 Å². The zero-order valence-corrected chi connectivity index (χ0v) is 20.5. The Morgan fingerprint density at radius 2 is 1.40 bits per heavy atom. The van der Waals surface area contributed by atoms with Gasteiger partial charge in [0, 0.05) is 16.8 Å². The zero-order valence-electron chi connectivity index (χ0n) is 19.7. The van der Waals surface area contributed by atoms with E-state index in [1.54, 1.807) is 42.5 Å². The highest BCUT2D eigenvalue weighted by Crippen LogP contribution is 2.29. The first kappa shape index (κ1) is 24.2. The summed E-state index contributed by atoms with van der Waals surface area (Å²) in [5, 5.41) is 6.25. The maximum Gasteiger partial charge on any atom is 0.257 e. The number of hydrogen-bond acceptors (Lipinski definition) is 6. The molecular formula is C27H27N3O4S. The van der Waals surface area contributed by atoms with Gasteiger partial charge in [0.05, 0.1) is 23.4 Å². The van der Waals surface area contributed by atoms with E-state index >= 15 is 0 Å². The van der Waals surface area contributed by atoms with Crippen LogP contribution in [0.4, 0.5) is 10.8 Å². The molecule has 0 saturated carbocycles. The van der Waals surface area contributed by atoms with Gasteiger partial charge >= 0.3 is 0 Å². The van der Waals surface area contributed by atoms with Crippen molar-refractivity contribution in [1.82, 2.24) is 4.98 Å². The van der Waals surface area contributed by atoms with Crippen LogP contribution in [0.15, 0.2) is 66.7 Å². The third-order valence-corrected chi connectivity index (χ3v) is 5.94. The number of benzene rings is 3. The summed E-state index contributed by atoms with van der Waals surface area (Å²) in [6, 6.07) is 19.6. The number of ether oxygens (including phenoxy) is 2. The lowest BCUT2D eigenvalue weighted by molar-refractivity contribution is 0.101. The van der Waals surface area contributed by atoms with Gasteiger partial charge in [0.15, 0.2) is 5.13 Å². The lowest BCUT2D eigenvalue weighted by Crippen LogP contribution is -2.12. The number of amides is 2. The highest BCUT2D eigenvalue weighted by Gasteiger charge is 2.13. The molecule has 4 rings (SSSR count). The van der Waals surface area contributed by atoms with Crippen molar-refractivity contribution in [2.24, 2.45) is 0 Å². The maximum atomic E-state index is 12.7. The Morgan fingerprint density at radius 1 is 0.800 bits per heavy atom. The summed E-state index contributed by atoms with van der Waals surface area (Å²) in [4.78, 5) is 29.9. The minimum absolute atomic E-state index is 0.227. The van der Waals surface area contributed by atoms with Gasteiger partial charge in [-0.3, -0.25) is 14.9 Å². The van der Waals surface area contributed by atoms with Crippen LogP contribution in [0.1, 0.15) is 47.4 Å². The molecule has 0 atom stereocenters. The number of nitrogens with zero attached hydrogens (tertiary/aromatic N) is 1. The van der Waals surface area contributed by atoms with Gasteiger partial charge in [-0.25, -0.2) is 4.98 Å². The summed E-state index contributed by atoms with van der Waals surface area (Å²) in [6.45, 7) is 5.26. The fraction of sp³-hybridized carbons (Fsp3) is 0.222. The van der Waals surface area contributed by atoms with E-state index in [2.05, 4.69) is 15.6 Å². The molecule has 0 radical (unpaired) electrons. The van der Waals surface area contributed by atoms with Crippen molar-refractivity contribution in [3.8, 4) is 11.5 Å². The molecule has 1 aromatic heterocycles. The Morgan fingerprint density at radius 3 is 2.00 bits per heavy atom. The van der Waals surface area contributed by atoms with E-state index in [1.807, 2.05) is 38.1 Å². The molecule has 0 unspecified atom stereocenters. The van der Waals surface area contributed by atoms with E-state index in [0.29, 0.717) is 46.7 Å². The first-order chi connectivity index (χ1) is 17.1. The molecule has 0 aliphatic rings. The summed E-state index contributed by atoms with van der Waals surface area (Å²) >= 11 is 1.34. The number of carbonyl (C=O) groups excluding carboxylic acids is 2. The van der Waals surface area contributed by atoms with Gasteiger partial charge < -0.3 is 14.8 Å². The van der Waals surface area contributed by atoms with Gasteiger partial charge in [0.1, 0.15) is 11.5 Å². The average Bonchev–Trinajstić information content (AvgIpc) is 3.28. The number of anilines is 2. The summed E-state index contributed by atoms with van der Waals surface area (Å²) in [5.74, 6) is 0.839. The molecule has 0 aliphatic heterocycles. The second-order valence-electron chi connectivity index (χ2n) is 7.86. The molecule has 3 aromatic carbocycles. The molecular weight excluding hydrogens is 462 g/mol. The van der Waals surface area contributed by atoms with E-state index in [1.165, 1.54) is 11.3 Å². The molecule has 4 aromatic rings. The van der Waals surface area contributed by atoms with Crippen LogP contribution in [0.3, 0.4) is 0 Å². The third-order valence-electron chi connectivity index (χ3n) is 5.00. The lowest BCUT2D eigenvalue weighted by Gasteiger charge is -2.08. The monoisotopic (exact) mass is 489 g/mol. The molecule has 0 bridgehead atoms. The molecule has 2 N–H and O–H groups in total. The predicted octanol–water partition coefficient (Wildman–Crippen LogP) is 6.38. The van der Waals surface area contributed by atoms with Crippen molar-refractivity contribution in [2.75, 3.05) is 23.8 Å². The number of rotatable bonds is 10. The van der Waals surface area contributed by atoms with Crippen molar-refractivity contribution in [2.45, 2.75) is 26.7 Å². The van der Waals surface area contributed by atoms with Crippen LogP contribution >= 0.6 is 11.3 Å². The average molecular weight is 490 g/mol. The van der Waals surface area contributed by atoms with Crippen LogP contribution in [0.2, 0.25) is 0 Å². The van der Waals surface area contributed by atoms with Gasteiger partial charge in [-0.1, -0.05) is 37.3 Å². The molecule has 0 saturated heterocycles. The van der Waals surface area contributed by atoms with Gasteiger partial charge in [0.2, 0.25) is 0 Å². The van der Waals surface area contributed by atoms with Crippen LogP contribution in [0, 0.1) is 0 Å². The molecule has 0 aliphatic carbocycles. The third kappa shape index (κ3) is 6.36. The van der Waals surface area contributed by atoms with E-state index in [9.17, 15) is 9.59 Å². The maximum absolute atomic E-state index is 12.7. The smallest absolute Gasteiger partial charge is 0.257 e. The van der Waals surface area contributed by atoms with Crippen molar-refractivity contribution in [1.29, 1.82) is 0 Å². The first-order valence-electron chi connectivity index (χ1n) is 11.5. The largest absolute Gasteiger partial charge is 0.494 e. The molecule has 1 heterocycles. The zero-order chi connectivity index (χ0) is 24.6. The number of hydrogen-bond donors (Lipinski definition) is 2. The van der Waals surface area contributed by atoms with Crippen molar-refractivity contribution >= 4 is 44.2 Å². The van der Waals surface area contributed by atoms with E-state index in [-0.39, 0.29) is 11.8 Å². The van der Waals surface area contributed by atoms with Gasteiger partial charge in [0.25, 0.3) is 11.8 Å². The number of nitrogens with one attached hydrogen (secondary N) is 2. The van der Waals surface area contributed by atoms with Crippen LogP contribution in [0.25, 0.3) is 10.2 Å². The Hall–Kier alpha value is -3.91. The van der Waals surface area contributed by atoms with Crippen molar-refractivity contribution in [3.63, 3.8) is 0 Å². The number of aromatic nitrogens is 1. The highest BCUT2D eigenvalue weighted by atomic mass is 32.1. The fourth-order valence-corrected chi connectivity index (χ4v) is 4.22. The number of fused-ring (bicyclic) bond motifs is 1. The normalized spacial score (nSPS) is 10.7. The van der Waals surface area contributed by atoms with Gasteiger partial charge in [-0.05, 0) is 67.4 Å². The molecule has 0 spiro atoms. The summed E-state index contributed by atoms with van der Waals surface area (Å²) in [5.41, 5.74) is 2.39. The lowest BCUT2D eigenvalue weighted by atomic mass is 10.2. The topological polar surface area (TPSA) is 89.5 Å². The fourth-order valence-electron chi connectivity index (χ4n) is 3.32. The molecule has 35 heavy (non-hydrogen) atoms. The van der Waals surface area contributed by atoms with Crippen LogP contribution in [-0.4, -0.2) is 30.0 Å². The van der Waals surface area contributed by atoms with Crippen molar-refractivity contribution < 1.29 is 19.1 Å². The Kier molecular flexibility index (Phi) is 7.95. The second-order valence-corrected chi connectivity index (χ2v) is 8.89. The number of carbonyl (C=O) groups is 2. The molecule has 180 valence electrons. The Bertz CT molecular complexity index is 1270. The summed E-state index contributed by atoms with van der Waals surface area (Å²) in [6.07, 6.45) is 1.79. The van der Waals surface area contributed by atoms with E-state index in [4.69, 9.17) is 9.47 Å². The standard InChI is InChI=1S/C27H27N3O4S/c1-3-13-33-21-9-5-7-18(15-21)25(31)28-20-11-12-23-24(17-20)35-27(29-23)30-26(32)19-8-6-10-22(16-19)34-14-4-2/h5-12,15-17H,3-4,13-14H2,1-2H3,(H,28,31)(H,29,30,32). The van der Waals surface area contributed by atoms with Crippen LogP contribution in [-0.2, 0) is 0 Å². The second kappa shape index (κ2) is 11.5. The molecule has 2 amide bonds. The molecule has 8 heteroatoms. The van der Waals surface area contributed by atoms with E-state index in [0.717, 1.165) is 23.1 Å². The van der Waals surface area contributed by atoms with Crippen LogP contribution < -0.4 is 20.1 Å². The SMILES string of the molecule is CCCOc1cccc(C(=O)Nc2ccc3nc(NC(=O)c4cccc(OCCC)c4)sc3c2)c1. The Labute approximate surface area is 208 Å². The first-order valence-corrected chi connectivity index (χ1v) is 12.4. The molecule has 7 nitrogen and oxygen atoms in total. The molecule has 0 fully saturated rings. The van der Waals surface area contributed by atoms with Crippen LogP contribution in [0.5, 0.6) is 11.5 Å². The minimum atomic E-state index is -0.260. The Balaban J connectivity index is 1.44. The van der Waals surface area contributed by atoms with Gasteiger partial charge in [-0.2, -0.15) is 0 Å². The summed E-state index contributed by atoms with van der Waals surface area (Å²) in [7, 11) is 0. The predicted molar refractivity (Wildman–Crippen MR) is 140 cm³/mol. The quantitative estimate of drug-likeness (QED) is 0.270. The number of thiazole rings is 1. The minimum Gasteiger partial charge on any atom is -0.494 e. The summed E-state index contributed by atoms with van der Waals surface area (Å²) < 4.78 is 12.1. The van der Waals surface area contributed by atoms with Crippen molar-refractivity contribution in [3.05, 3.63) is 77.9 Å². The highest BCUT2D eigenvalue weighted by molar-refractivity contribution is 7.22. The van der Waals surface area contributed by atoms with Gasteiger partial charge in [-0.15, -0.1) is 0 Å².